The van der Waals surface area contributed by atoms with E-state index in [-0.39, 0.29) is 15.9 Å². The molecule has 15 nitrogen and oxygen atoms in total. The first-order chi connectivity index (χ1) is 16.9. The Bertz CT molecular complexity index is 1200. The molecule has 0 amide bonds. The van der Waals surface area contributed by atoms with E-state index in [4.69, 9.17) is 31.9 Å². The summed E-state index contributed by atoms with van der Waals surface area (Å²) >= 11 is 5.00. The minimum atomic E-state index is -1.33. The van der Waals surface area contributed by atoms with Crippen LogP contribution in [0.4, 0.5) is 0 Å². The molecule has 2 fully saturated rings. The summed E-state index contributed by atoms with van der Waals surface area (Å²) in [6.45, 7) is -0.880. The van der Waals surface area contributed by atoms with Gasteiger partial charge in [-0.05, 0) is 0 Å². The average Bonchev–Trinajstić information content (AvgIpc) is 3.29. The third-order valence-corrected chi connectivity index (χ3v) is 6.31. The number of aromatic amines is 2. The van der Waals surface area contributed by atoms with Crippen molar-refractivity contribution in [1.82, 2.24) is 19.1 Å². The molecule has 200 valence electrons. The average molecular weight is 533 g/mol. The maximum absolute atomic E-state index is 11.6. The molecular weight excluding hydrogens is 504 g/mol. The monoisotopic (exact) mass is 532 g/mol. The molecular formula is C20H28N4O11S. The molecule has 4 heterocycles. The van der Waals surface area contributed by atoms with Crippen molar-refractivity contribution < 1.29 is 40.1 Å². The van der Waals surface area contributed by atoms with Crippen LogP contribution in [0.1, 0.15) is 23.3 Å². The van der Waals surface area contributed by atoms with E-state index in [1.165, 1.54) is 31.1 Å². The van der Waals surface area contributed by atoms with Crippen LogP contribution in [-0.4, -0.2) is 99.6 Å². The molecule has 0 radical (unpaired) electrons. The topological polar surface area (TPSA) is 232 Å². The lowest BCUT2D eigenvalue weighted by Gasteiger charge is -2.15. The van der Waals surface area contributed by atoms with E-state index in [2.05, 4.69) is 9.97 Å². The summed E-state index contributed by atoms with van der Waals surface area (Å²) in [7, 11) is 2.96. The summed E-state index contributed by atoms with van der Waals surface area (Å²) in [4.78, 5) is 38.6. The van der Waals surface area contributed by atoms with Gasteiger partial charge in [0.2, 0.25) is 0 Å². The third-order valence-electron chi connectivity index (χ3n) is 5.97. The molecule has 4 rings (SSSR count). The van der Waals surface area contributed by atoms with Crippen molar-refractivity contribution in [3.05, 3.63) is 59.5 Å². The van der Waals surface area contributed by atoms with Crippen LogP contribution in [0, 0.1) is 4.64 Å². The number of aromatic nitrogens is 4. The zero-order valence-corrected chi connectivity index (χ0v) is 20.0. The fraction of sp³-hybridized carbons (Fsp3) is 0.600. The maximum Gasteiger partial charge on any atom is 0.328 e. The number of rotatable bonds is 4. The van der Waals surface area contributed by atoms with Crippen molar-refractivity contribution in [3.63, 3.8) is 0 Å². The summed E-state index contributed by atoms with van der Waals surface area (Å²) in [6.07, 6.45) is -6.08. The molecule has 0 bridgehead atoms. The number of hydrogen-bond donors (Lipinski definition) is 8. The van der Waals surface area contributed by atoms with Crippen LogP contribution in [0.15, 0.2) is 26.8 Å². The van der Waals surface area contributed by atoms with Gasteiger partial charge in [-0.25, -0.2) is 9.59 Å². The Morgan fingerprint density at radius 1 is 0.778 bits per heavy atom. The molecule has 2 aliphatic rings. The number of aliphatic hydroxyl groups is 6. The van der Waals surface area contributed by atoms with Crippen LogP contribution in [0.5, 0.6) is 0 Å². The van der Waals surface area contributed by atoms with Crippen molar-refractivity contribution in [2.24, 2.45) is 14.1 Å². The quantitative estimate of drug-likeness (QED) is 0.175. The highest BCUT2D eigenvalue weighted by molar-refractivity contribution is 7.71. The van der Waals surface area contributed by atoms with E-state index in [1.54, 1.807) is 0 Å². The van der Waals surface area contributed by atoms with Crippen LogP contribution < -0.4 is 16.9 Å². The maximum atomic E-state index is 11.6. The van der Waals surface area contributed by atoms with Crippen LogP contribution in [0.25, 0.3) is 0 Å². The Hall–Kier alpha value is -2.54. The highest BCUT2D eigenvalue weighted by Gasteiger charge is 2.45. The van der Waals surface area contributed by atoms with E-state index in [9.17, 15) is 34.8 Å². The molecule has 8 N–H and O–H groups in total. The van der Waals surface area contributed by atoms with Gasteiger partial charge in [-0.1, -0.05) is 12.2 Å². The Morgan fingerprint density at radius 3 is 1.64 bits per heavy atom. The smallest absolute Gasteiger partial charge is 0.328 e. The molecule has 2 saturated heterocycles. The first kappa shape index (κ1) is 28.0. The van der Waals surface area contributed by atoms with Gasteiger partial charge in [0, 0.05) is 32.1 Å². The number of ether oxygens (including phenoxy) is 2. The van der Waals surface area contributed by atoms with E-state index in [1.807, 2.05) is 0 Å². The molecule has 8 atom stereocenters. The summed E-state index contributed by atoms with van der Waals surface area (Å²) in [5.41, 5.74) is -1.23. The SMILES string of the molecule is Cn1cc([C@@H]2O[C@H](CO)[C@@H](O)[C@H]2O)c(=O)[nH]c1=O.Cn1cc([C@@H]2O[C@H](CO)[C@@H](O)[C@H]2O)c(=S)[nH]c1=O. The molecule has 2 aromatic rings. The van der Waals surface area contributed by atoms with Gasteiger partial charge in [0.25, 0.3) is 5.56 Å². The molecule has 0 spiro atoms. The second kappa shape index (κ2) is 11.2. The lowest BCUT2D eigenvalue weighted by Crippen LogP contribution is -2.35. The molecule has 0 aliphatic carbocycles. The van der Waals surface area contributed by atoms with Crippen LogP contribution in [0.2, 0.25) is 0 Å². The predicted molar refractivity (Wildman–Crippen MR) is 123 cm³/mol. The van der Waals surface area contributed by atoms with Gasteiger partial charge in [0.05, 0.1) is 18.8 Å². The van der Waals surface area contributed by atoms with Gasteiger partial charge in [0.1, 0.15) is 53.5 Å². The highest BCUT2D eigenvalue weighted by Crippen LogP contribution is 2.33. The molecule has 0 saturated carbocycles. The standard InChI is InChI=1S/C10H14N2O6.C10H14N2O5S/c1-12-2-4(9(16)11-10(12)17)8-7(15)6(14)5(3-13)18-8;1-12-2-4(9(18)11-10(12)16)8-7(15)6(14)5(3-13)17-8/h2,5-8,13-15H,3H2,1H3,(H,11,16,17);2,5-8,13-15H,3H2,1H3,(H,11,16,18)/t2*5-,6-,7-,8+/m11/s1. The van der Waals surface area contributed by atoms with E-state index in [0.717, 1.165) is 4.57 Å². The Kier molecular flexibility index (Phi) is 8.75. The van der Waals surface area contributed by atoms with Gasteiger partial charge in [-0.2, -0.15) is 0 Å². The fourth-order valence-electron chi connectivity index (χ4n) is 3.89. The molecule has 0 unspecified atom stereocenters. The number of nitrogens with zero attached hydrogens (tertiary/aromatic N) is 2. The van der Waals surface area contributed by atoms with Gasteiger partial charge >= 0.3 is 11.4 Å². The molecule has 0 aromatic carbocycles. The van der Waals surface area contributed by atoms with Gasteiger partial charge in [-0.3, -0.25) is 14.8 Å². The third kappa shape index (κ3) is 5.41. The summed E-state index contributed by atoms with van der Waals surface area (Å²) in [5, 5.41) is 56.8. The van der Waals surface area contributed by atoms with E-state index in [0.29, 0.717) is 5.56 Å². The van der Waals surface area contributed by atoms with E-state index < -0.39 is 73.3 Å². The second-order valence-electron chi connectivity index (χ2n) is 8.43. The van der Waals surface area contributed by atoms with Crippen molar-refractivity contribution >= 4 is 12.2 Å². The first-order valence-corrected chi connectivity index (χ1v) is 11.2. The number of H-pyrrole nitrogens is 2. The Balaban J connectivity index is 0.000000201. The van der Waals surface area contributed by atoms with Crippen molar-refractivity contribution in [1.29, 1.82) is 0 Å². The zero-order valence-electron chi connectivity index (χ0n) is 19.2. The number of aliphatic hydroxyl groups excluding tert-OH is 6. The fourth-order valence-corrected chi connectivity index (χ4v) is 4.14. The minimum absolute atomic E-state index is 0.0274. The van der Waals surface area contributed by atoms with Crippen molar-refractivity contribution in [2.45, 2.75) is 48.8 Å². The van der Waals surface area contributed by atoms with Crippen LogP contribution >= 0.6 is 12.2 Å². The second-order valence-corrected chi connectivity index (χ2v) is 8.84. The summed E-state index contributed by atoms with van der Waals surface area (Å²) in [6, 6.07) is 0. The lowest BCUT2D eigenvalue weighted by molar-refractivity contribution is -0.0233. The lowest BCUT2D eigenvalue weighted by atomic mass is 10.0. The number of nitrogens with one attached hydrogen (secondary N) is 2. The predicted octanol–water partition coefficient (Wildman–Crippen LogP) is -4.18. The summed E-state index contributed by atoms with van der Waals surface area (Å²) in [5.74, 6) is 0. The van der Waals surface area contributed by atoms with Crippen LogP contribution in [0.3, 0.4) is 0 Å². The number of hydrogen-bond acceptors (Lipinski definition) is 12. The van der Waals surface area contributed by atoms with Gasteiger partial charge in [-0.15, -0.1) is 0 Å². The largest absolute Gasteiger partial charge is 0.394 e. The van der Waals surface area contributed by atoms with Crippen molar-refractivity contribution in [3.8, 4) is 0 Å². The van der Waals surface area contributed by atoms with Gasteiger partial charge < -0.3 is 49.2 Å². The molecule has 36 heavy (non-hydrogen) atoms. The Labute approximate surface area is 207 Å². The first-order valence-electron chi connectivity index (χ1n) is 10.8. The molecule has 16 heteroatoms. The Morgan fingerprint density at radius 2 is 1.19 bits per heavy atom. The highest BCUT2D eigenvalue weighted by atomic mass is 32.1. The molecule has 2 aliphatic heterocycles. The minimum Gasteiger partial charge on any atom is -0.394 e. The molecule has 2 aromatic heterocycles. The summed E-state index contributed by atoms with van der Waals surface area (Å²) < 4.78 is 13.1. The van der Waals surface area contributed by atoms with Crippen molar-refractivity contribution in [2.75, 3.05) is 13.2 Å². The van der Waals surface area contributed by atoms with Gasteiger partial charge in [0.15, 0.2) is 0 Å². The normalized spacial score (nSPS) is 31.8. The zero-order chi connectivity index (χ0) is 26.9. The van der Waals surface area contributed by atoms with Crippen LogP contribution in [-0.2, 0) is 23.6 Å². The van der Waals surface area contributed by atoms with E-state index >= 15 is 0 Å². The number of aryl methyl sites for hydroxylation is 2.